The third kappa shape index (κ3) is 3.04. The molecule has 1 N–H and O–H groups in total. The summed E-state index contributed by atoms with van der Waals surface area (Å²) in [7, 11) is 1.52. The Labute approximate surface area is 94.3 Å². The van der Waals surface area contributed by atoms with Crippen molar-refractivity contribution in [3.05, 3.63) is 11.1 Å². The number of rotatable bonds is 3. The van der Waals surface area contributed by atoms with Gasteiger partial charge in [0.05, 0.1) is 6.04 Å². The van der Waals surface area contributed by atoms with Crippen molar-refractivity contribution in [2.24, 2.45) is 0 Å². The van der Waals surface area contributed by atoms with Gasteiger partial charge in [0.1, 0.15) is 0 Å². The number of halogens is 1. The van der Waals surface area contributed by atoms with Gasteiger partial charge >= 0.3 is 0 Å². The molecule has 0 aromatic heterocycles. The van der Waals surface area contributed by atoms with E-state index in [0.717, 1.165) is 5.57 Å². The zero-order chi connectivity index (χ0) is 11.4. The van der Waals surface area contributed by atoms with Crippen LogP contribution >= 0.6 is 11.6 Å². The van der Waals surface area contributed by atoms with Crippen molar-refractivity contribution in [1.29, 1.82) is 0 Å². The average Bonchev–Trinajstić information content (AvgIpc) is 2.24. The fourth-order valence-corrected chi connectivity index (χ4v) is 1.50. The smallest absolute Gasteiger partial charge is 0.246 e. The molecule has 1 fully saturated rings. The number of amides is 2. The number of likely N-dealkylation sites (N-methyl/N-ethyl adjacent to an activating group) is 1. The van der Waals surface area contributed by atoms with Crippen LogP contribution in [0.1, 0.15) is 19.8 Å². The summed E-state index contributed by atoms with van der Waals surface area (Å²) in [5.41, 5.74) is 2.44. The molecule has 2 amide bonds. The van der Waals surface area contributed by atoms with E-state index in [-0.39, 0.29) is 17.9 Å². The van der Waals surface area contributed by atoms with Gasteiger partial charge in [-0.15, -0.1) is 0 Å². The van der Waals surface area contributed by atoms with Gasteiger partial charge in [0.15, 0.2) is 0 Å². The number of carbonyl (C=O) groups excluding carboxylic acids is 2. The minimum atomic E-state index is -0.265. The van der Waals surface area contributed by atoms with Crippen LogP contribution in [0, 0.1) is 0 Å². The summed E-state index contributed by atoms with van der Waals surface area (Å²) < 4.78 is 0. The van der Waals surface area contributed by atoms with Crippen LogP contribution in [0.4, 0.5) is 0 Å². The topological polar surface area (TPSA) is 49.4 Å². The molecule has 0 radical (unpaired) electrons. The summed E-state index contributed by atoms with van der Waals surface area (Å²) in [5, 5.41) is 3.08. The molecule has 0 aromatic rings. The second-order valence-corrected chi connectivity index (χ2v) is 3.94. The molecule has 0 aromatic carbocycles. The second-order valence-electron chi connectivity index (χ2n) is 3.72. The van der Waals surface area contributed by atoms with Crippen molar-refractivity contribution in [1.82, 2.24) is 10.2 Å². The van der Waals surface area contributed by atoms with Gasteiger partial charge in [-0.3, -0.25) is 14.5 Å². The van der Waals surface area contributed by atoms with Gasteiger partial charge < -0.3 is 5.32 Å². The molecule has 4 nitrogen and oxygen atoms in total. The molecule has 1 heterocycles. The fourth-order valence-electron chi connectivity index (χ4n) is 1.43. The largest absolute Gasteiger partial charge is 0.302 e. The predicted molar refractivity (Wildman–Crippen MR) is 58.4 cm³/mol. The number of piperidine rings is 1. The quantitative estimate of drug-likeness (QED) is 0.732. The maximum Gasteiger partial charge on any atom is 0.246 e. The Kier molecular flexibility index (Phi) is 4.29. The highest BCUT2D eigenvalue weighted by atomic mass is 35.5. The van der Waals surface area contributed by atoms with E-state index < -0.39 is 0 Å². The highest BCUT2D eigenvalue weighted by molar-refractivity contribution is 6.25. The molecule has 0 spiro atoms. The lowest BCUT2D eigenvalue weighted by Gasteiger charge is -2.28. The van der Waals surface area contributed by atoms with Gasteiger partial charge in [-0.25, -0.2) is 0 Å². The van der Waals surface area contributed by atoms with E-state index in [1.54, 1.807) is 0 Å². The predicted octanol–water partition coefficient (Wildman–Crippen LogP) is 0.866. The van der Waals surface area contributed by atoms with Gasteiger partial charge in [-0.2, -0.15) is 0 Å². The summed E-state index contributed by atoms with van der Waals surface area (Å²) in [6.45, 7) is 2.45. The van der Waals surface area contributed by atoms with Crippen LogP contribution in [-0.4, -0.2) is 36.3 Å². The highest BCUT2D eigenvalue weighted by Crippen LogP contribution is 2.11. The Bertz CT molecular complexity index is 302. The van der Waals surface area contributed by atoms with Crippen molar-refractivity contribution in [3.8, 4) is 0 Å². The van der Waals surface area contributed by atoms with E-state index in [1.807, 2.05) is 6.92 Å². The molecule has 1 saturated heterocycles. The van der Waals surface area contributed by atoms with E-state index in [0.29, 0.717) is 19.4 Å². The Morgan fingerprint density at radius 3 is 2.93 bits per heavy atom. The number of imide groups is 1. The van der Waals surface area contributed by atoms with Gasteiger partial charge in [-0.1, -0.05) is 11.6 Å². The van der Waals surface area contributed by atoms with Crippen LogP contribution < -0.4 is 5.32 Å². The molecule has 0 aliphatic carbocycles. The molecule has 1 aliphatic rings. The van der Waals surface area contributed by atoms with Crippen LogP contribution in [0.5, 0.6) is 0 Å². The average molecular weight is 231 g/mol. The molecule has 1 unspecified atom stereocenters. The molecule has 0 bridgehead atoms. The Balaban J connectivity index is 2.50. The molecule has 0 saturated carbocycles. The Morgan fingerprint density at radius 1 is 1.67 bits per heavy atom. The fraction of sp³-hybridized carbons (Fsp3) is 0.600. The first-order valence-electron chi connectivity index (χ1n) is 4.86. The number of nitrogens with one attached hydrogen (secondary N) is 1. The van der Waals surface area contributed by atoms with Crippen molar-refractivity contribution in [3.63, 3.8) is 0 Å². The standard InChI is InChI=1S/C10H15ClN2O2/c1-7(5-11)6-12-8-3-4-9(14)13(2)10(8)15/h5,8,12H,3-4,6H2,1-2H3. The number of carbonyl (C=O) groups is 2. The maximum atomic E-state index is 11.6. The van der Waals surface area contributed by atoms with Crippen LogP contribution in [0.3, 0.4) is 0 Å². The van der Waals surface area contributed by atoms with E-state index in [2.05, 4.69) is 5.32 Å². The molecule has 1 rings (SSSR count). The second kappa shape index (κ2) is 5.28. The molecular weight excluding hydrogens is 216 g/mol. The molecule has 84 valence electrons. The molecule has 1 atom stereocenters. The normalized spacial score (nSPS) is 23.5. The first-order chi connectivity index (χ1) is 7.06. The van der Waals surface area contributed by atoms with Crippen molar-refractivity contribution in [2.75, 3.05) is 13.6 Å². The highest BCUT2D eigenvalue weighted by Gasteiger charge is 2.30. The lowest BCUT2D eigenvalue weighted by atomic mass is 10.0. The lowest BCUT2D eigenvalue weighted by Crippen LogP contribution is -2.51. The van der Waals surface area contributed by atoms with Gasteiger partial charge in [0.2, 0.25) is 11.8 Å². The SMILES string of the molecule is CC(=CCl)CNC1CCC(=O)N(C)C1=O. The van der Waals surface area contributed by atoms with E-state index in [1.165, 1.54) is 17.5 Å². The first-order valence-corrected chi connectivity index (χ1v) is 5.29. The van der Waals surface area contributed by atoms with Crippen LogP contribution in [-0.2, 0) is 9.59 Å². The summed E-state index contributed by atoms with van der Waals surface area (Å²) in [5.74, 6) is -0.267. The van der Waals surface area contributed by atoms with Gasteiger partial charge in [0.25, 0.3) is 0 Å². The van der Waals surface area contributed by atoms with Crippen molar-refractivity contribution >= 4 is 23.4 Å². The number of nitrogens with zero attached hydrogens (tertiary/aromatic N) is 1. The molecular formula is C10H15ClN2O2. The number of hydrogen-bond donors (Lipinski definition) is 1. The number of hydrogen-bond acceptors (Lipinski definition) is 3. The molecule has 15 heavy (non-hydrogen) atoms. The number of likely N-dealkylation sites (tertiary alicyclic amines) is 1. The summed E-state index contributed by atoms with van der Waals surface area (Å²) in [6, 6.07) is -0.265. The maximum absolute atomic E-state index is 11.6. The molecule has 1 aliphatic heterocycles. The minimum Gasteiger partial charge on any atom is -0.302 e. The van der Waals surface area contributed by atoms with Crippen LogP contribution in [0.25, 0.3) is 0 Å². The van der Waals surface area contributed by atoms with Crippen molar-refractivity contribution in [2.45, 2.75) is 25.8 Å². The summed E-state index contributed by atoms with van der Waals surface area (Å²) in [6.07, 6.45) is 0.987. The van der Waals surface area contributed by atoms with Crippen molar-refractivity contribution < 1.29 is 9.59 Å². The Hall–Kier alpha value is -0.870. The minimum absolute atomic E-state index is 0.109. The first kappa shape index (κ1) is 12.2. The van der Waals surface area contributed by atoms with Gasteiger partial charge in [0, 0.05) is 25.5 Å². The zero-order valence-corrected chi connectivity index (χ0v) is 9.67. The third-order valence-electron chi connectivity index (χ3n) is 2.46. The van der Waals surface area contributed by atoms with E-state index in [9.17, 15) is 9.59 Å². The lowest BCUT2D eigenvalue weighted by molar-refractivity contribution is -0.147. The summed E-state index contributed by atoms with van der Waals surface area (Å²) >= 11 is 5.51. The van der Waals surface area contributed by atoms with E-state index >= 15 is 0 Å². The van der Waals surface area contributed by atoms with Gasteiger partial charge in [-0.05, 0) is 18.9 Å². The van der Waals surface area contributed by atoms with Crippen LogP contribution in [0.15, 0.2) is 11.1 Å². The van der Waals surface area contributed by atoms with E-state index in [4.69, 9.17) is 11.6 Å². The summed E-state index contributed by atoms with van der Waals surface area (Å²) in [4.78, 5) is 24.0. The Morgan fingerprint density at radius 2 is 2.33 bits per heavy atom. The van der Waals surface area contributed by atoms with Crippen LogP contribution in [0.2, 0.25) is 0 Å². The zero-order valence-electron chi connectivity index (χ0n) is 8.92. The third-order valence-corrected chi connectivity index (χ3v) is 2.84. The monoisotopic (exact) mass is 230 g/mol. The molecule has 5 heteroatoms.